The minimum Gasteiger partial charge on any atom is -0.380 e. The Hall–Kier alpha value is -0.0800. The van der Waals surface area contributed by atoms with Crippen LogP contribution in [0.25, 0.3) is 0 Å². The van der Waals surface area contributed by atoms with Gasteiger partial charge in [0.25, 0.3) is 0 Å². The van der Waals surface area contributed by atoms with Crippen LogP contribution in [0, 0.1) is 5.92 Å². The highest BCUT2D eigenvalue weighted by atomic mass is 16.5. The van der Waals surface area contributed by atoms with E-state index in [2.05, 4.69) is 12.2 Å². The molecule has 13 heavy (non-hydrogen) atoms. The molecular formula is C11H23NO. The summed E-state index contributed by atoms with van der Waals surface area (Å²) >= 11 is 0. The molecule has 0 bridgehead atoms. The van der Waals surface area contributed by atoms with Crippen LogP contribution in [0.1, 0.15) is 39.0 Å². The van der Waals surface area contributed by atoms with Crippen LogP contribution in [0.5, 0.6) is 0 Å². The van der Waals surface area contributed by atoms with Crippen LogP contribution in [0.15, 0.2) is 0 Å². The summed E-state index contributed by atoms with van der Waals surface area (Å²) in [6.45, 7) is 4.07. The fraction of sp³-hybridized carbons (Fsp3) is 1.00. The molecule has 0 aliphatic heterocycles. The molecule has 0 amide bonds. The molecule has 1 rings (SSSR count). The van der Waals surface area contributed by atoms with E-state index >= 15 is 0 Å². The van der Waals surface area contributed by atoms with Gasteiger partial charge in [0.05, 0.1) is 6.61 Å². The van der Waals surface area contributed by atoms with Gasteiger partial charge in [0, 0.05) is 12.6 Å². The minimum atomic E-state index is 0.613. The Bertz CT molecular complexity index is 123. The largest absolute Gasteiger partial charge is 0.380 e. The van der Waals surface area contributed by atoms with Gasteiger partial charge < -0.3 is 10.1 Å². The molecule has 0 radical (unpaired) electrons. The molecule has 0 heterocycles. The van der Waals surface area contributed by atoms with Crippen molar-refractivity contribution in [3.05, 3.63) is 0 Å². The lowest BCUT2D eigenvalue weighted by atomic mass is 10.2. The molecule has 1 aliphatic carbocycles. The first-order valence-corrected chi connectivity index (χ1v) is 5.63. The van der Waals surface area contributed by atoms with Crippen LogP contribution in [-0.2, 0) is 4.74 Å². The molecule has 0 aromatic heterocycles. The van der Waals surface area contributed by atoms with Gasteiger partial charge in [0.1, 0.15) is 0 Å². The number of likely N-dealkylation sites (N-methyl/N-ethyl adjacent to an activating group) is 1. The fourth-order valence-electron chi connectivity index (χ4n) is 1.62. The van der Waals surface area contributed by atoms with Crippen LogP contribution in [0.2, 0.25) is 0 Å². The lowest BCUT2D eigenvalue weighted by Crippen LogP contribution is -2.32. The Labute approximate surface area is 82.0 Å². The van der Waals surface area contributed by atoms with E-state index in [4.69, 9.17) is 4.74 Å². The lowest BCUT2D eigenvalue weighted by Gasteiger charge is -2.15. The van der Waals surface area contributed by atoms with Crippen molar-refractivity contribution in [1.29, 1.82) is 0 Å². The van der Waals surface area contributed by atoms with Gasteiger partial charge in [-0.2, -0.15) is 0 Å². The molecule has 1 unspecified atom stereocenters. The van der Waals surface area contributed by atoms with Crippen LogP contribution in [0.3, 0.4) is 0 Å². The van der Waals surface area contributed by atoms with Gasteiger partial charge in [-0.1, -0.05) is 19.8 Å². The van der Waals surface area contributed by atoms with Gasteiger partial charge in [-0.05, 0) is 32.2 Å². The summed E-state index contributed by atoms with van der Waals surface area (Å²) in [6.07, 6.45) is 6.58. The second-order valence-corrected chi connectivity index (χ2v) is 4.01. The van der Waals surface area contributed by atoms with Crippen molar-refractivity contribution in [1.82, 2.24) is 5.32 Å². The summed E-state index contributed by atoms with van der Waals surface area (Å²) in [6, 6.07) is 0.613. The summed E-state index contributed by atoms with van der Waals surface area (Å²) < 4.78 is 5.63. The van der Waals surface area contributed by atoms with Crippen LogP contribution >= 0.6 is 0 Å². The number of rotatable bonds is 8. The minimum absolute atomic E-state index is 0.613. The third-order valence-electron chi connectivity index (χ3n) is 2.75. The van der Waals surface area contributed by atoms with E-state index in [9.17, 15) is 0 Å². The molecule has 78 valence electrons. The van der Waals surface area contributed by atoms with Crippen molar-refractivity contribution < 1.29 is 4.74 Å². The summed E-state index contributed by atoms with van der Waals surface area (Å²) in [5.41, 5.74) is 0. The Balaban J connectivity index is 1.90. The number of hydrogen-bond donors (Lipinski definition) is 1. The van der Waals surface area contributed by atoms with E-state index in [1.165, 1.54) is 32.1 Å². The Morgan fingerprint density at radius 3 is 2.69 bits per heavy atom. The quantitative estimate of drug-likeness (QED) is 0.585. The van der Waals surface area contributed by atoms with Crippen molar-refractivity contribution in [3.63, 3.8) is 0 Å². The van der Waals surface area contributed by atoms with Gasteiger partial charge in [0.2, 0.25) is 0 Å². The van der Waals surface area contributed by atoms with Crippen LogP contribution in [-0.4, -0.2) is 26.3 Å². The second kappa shape index (κ2) is 6.39. The van der Waals surface area contributed by atoms with Gasteiger partial charge in [-0.3, -0.25) is 0 Å². The summed E-state index contributed by atoms with van der Waals surface area (Å²) in [4.78, 5) is 0. The van der Waals surface area contributed by atoms with Crippen LogP contribution in [0.4, 0.5) is 0 Å². The predicted molar refractivity (Wildman–Crippen MR) is 55.9 cm³/mol. The number of unbranched alkanes of at least 4 members (excludes halogenated alkanes) is 2. The molecule has 1 saturated carbocycles. The molecule has 1 aliphatic rings. The smallest absolute Gasteiger partial charge is 0.0622 e. The molecule has 1 fully saturated rings. The van der Waals surface area contributed by atoms with Crippen LogP contribution < -0.4 is 5.32 Å². The van der Waals surface area contributed by atoms with Gasteiger partial charge in [0.15, 0.2) is 0 Å². The highest BCUT2D eigenvalue weighted by Crippen LogP contribution is 2.32. The zero-order chi connectivity index (χ0) is 9.52. The maximum Gasteiger partial charge on any atom is 0.0622 e. The average molecular weight is 185 g/mol. The summed E-state index contributed by atoms with van der Waals surface area (Å²) in [5.74, 6) is 0.899. The van der Waals surface area contributed by atoms with E-state index in [0.29, 0.717) is 6.04 Å². The van der Waals surface area contributed by atoms with Crippen molar-refractivity contribution in [2.75, 3.05) is 20.3 Å². The third-order valence-corrected chi connectivity index (χ3v) is 2.75. The van der Waals surface area contributed by atoms with Crippen molar-refractivity contribution >= 4 is 0 Å². The first-order valence-electron chi connectivity index (χ1n) is 5.63. The Kier molecular flexibility index (Phi) is 5.40. The van der Waals surface area contributed by atoms with Crippen molar-refractivity contribution in [3.8, 4) is 0 Å². The van der Waals surface area contributed by atoms with E-state index in [-0.39, 0.29) is 0 Å². The lowest BCUT2D eigenvalue weighted by molar-refractivity contribution is 0.104. The maximum atomic E-state index is 5.63. The normalized spacial score (nSPS) is 18.9. The molecule has 2 nitrogen and oxygen atoms in total. The van der Waals surface area contributed by atoms with E-state index in [1.54, 1.807) is 0 Å². The molecule has 1 atom stereocenters. The predicted octanol–water partition coefficient (Wildman–Crippen LogP) is 2.19. The molecular weight excluding hydrogens is 162 g/mol. The number of hydrogen-bond acceptors (Lipinski definition) is 2. The molecule has 0 aromatic carbocycles. The van der Waals surface area contributed by atoms with Gasteiger partial charge in [-0.15, -0.1) is 0 Å². The monoisotopic (exact) mass is 185 g/mol. The number of nitrogens with one attached hydrogen (secondary N) is 1. The molecule has 0 saturated heterocycles. The maximum absolute atomic E-state index is 5.63. The van der Waals surface area contributed by atoms with E-state index in [1.807, 2.05) is 7.05 Å². The first-order chi connectivity index (χ1) is 6.38. The fourth-order valence-corrected chi connectivity index (χ4v) is 1.62. The van der Waals surface area contributed by atoms with Crippen molar-refractivity contribution in [2.45, 2.75) is 45.1 Å². The van der Waals surface area contributed by atoms with Gasteiger partial charge in [-0.25, -0.2) is 0 Å². The highest BCUT2D eigenvalue weighted by molar-refractivity contribution is 4.85. The average Bonchev–Trinajstić information content (AvgIpc) is 2.95. The zero-order valence-electron chi connectivity index (χ0n) is 9.01. The topological polar surface area (TPSA) is 21.3 Å². The Morgan fingerprint density at radius 1 is 1.38 bits per heavy atom. The summed E-state index contributed by atoms with van der Waals surface area (Å²) in [7, 11) is 2.04. The van der Waals surface area contributed by atoms with E-state index < -0.39 is 0 Å². The molecule has 2 heteroatoms. The highest BCUT2D eigenvalue weighted by Gasteiger charge is 2.29. The SMILES string of the molecule is CCCCCOCC(NC)C1CC1. The van der Waals surface area contributed by atoms with Crippen molar-refractivity contribution in [2.24, 2.45) is 5.92 Å². The van der Waals surface area contributed by atoms with Gasteiger partial charge >= 0.3 is 0 Å². The zero-order valence-corrected chi connectivity index (χ0v) is 9.01. The standard InChI is InChI=1S/C11H23NO/c1-3-4-5-8-13-9-11(12-2)10-6-7-10/h10-12H,3-9H2,1-2H3. The third kappa shape index (κ3) is 4.63. The van der Waals surface area contributed by atoms with E-state index in [0.717, 1.165) is 19.1 Å². The molecule has 1 N–H and O–H groups in total. The molecule has 0 spiro atoms. The summed E-state index contributed by atoms with van der Waals surface area (Å²) in [5, 5.41) is 3.33. The number of ether oxygens (including phenoxy) is 1. The first kappa shape index (κ1) is 11.0. The molecule has 0 aromatic rings. The second-order valence-electron chi connectivity index (χ2n) is 4.01. The Morgan fingerprint density at radius 2 is 2.15 bits per heavy atom.